The van der Waals surface area contributed by atoms with Crippen LogP contribution in [0.5, 0.6) is 0 Å². The van der Waals surface area contributed by atoms with Gasteiger partial charge in [-0.1, -0.05) is 12.1 Å². The molecule has 3 aromatic rings. The Morgan fingerprint density at radius 3 is 2.43 bits per heavy atom. The van der Waals surface area contributed by atoms with Gasteiger partial charge in [0.2, 0.25) is 5.16 Å². The molecule has 0 aliphatic rings. The SMILES string of the molecule is CS(=O)c1ncc2c(Br)cc(-c3ccc(S(C)(=O)=O)cc3)n2n1. The van der Waals surface area contributed by atoms with Crippen LogP contribution in [0.1, 0.15) is 0 Å². The minimum Gasteiger partial charge on any atom is -0.251 e. The number of fused-ring (bicyclic) bond motifs is 1. The zero-order valence-corrected chi connectivity index (χ0v) is 15.4. The fourth-order valence-electron chi connectivity index (χ4n) is 2.15. The Morgan fingerprint density at radius 1 is 1.22 bits per heavy atom. The standard InChI is InChI=1S/C14H12BrN3O3S2/c1-22(19)14-16-8-13-11(15)7-12(18(13)17-14)9-3-5-10(6-4-9)23(2,20)21/h3-8H,1-2H3. The zero-order valence-electron chi connectivity index (χ0n) is 12.2. The molecule has 1 atom stereocenters. The summed E-state index contributed by atoms with van der Waals surface area (Å²) in [6, 6.07) is 8.41. The highest BCUT2D eigenvalue weighted by molar-refractivity contribution is 9.10. The molecule has 0 aliphatic carbocycles. The van der Waals surface area contributed by atoms with E-state index in [9.17, 15) is 12.6 Å². The smallest absolute Gasteiger partial charge is 0.237 e. The van der Waals surface area contributed by atoms with E-state index < -0.39 is 20.6 Å². The summed E-state index contributed by atoms with van der Waals surface area (Å²) in [6.07, 6.45) is 4.28. The van der Waals surface area contributed by atoms with Gasteiger partial charge >= 0.3 is 0 Å². The van der Waals surface area contributed by atoms with Crippen molar-refractivity contribution < 1.29 is 12.6 Å². The van der Waals surface area contributed by atoms with Gasteiger partial charge in [0.1, 0.15) is 0 Å². The number of aromatic nitrogens is 3. The van der Waals surface area contributed by atoms with E-state index >= 15 is 0 Å². The Morgan fingerprint density at radius 2 is 1.87 bits per heavy atom. The largest absolute Gasteiger partial charge is 0.251 e. The van der Waals surface area contributed by atoms with E-state index in [-0.39, 0.29) is 10.1 Å². The van der Waals surface area contributed by atoms with Crippen LogP contribution < -0.4 is 0 Å². The highest BCUT2D eigenvalue weighted by atomic mass is 79.9. The van der Waals surface area contributed by atoms with Gasteiger partial charge in [-0.05, 0) is 34.1 Å². The van der Waals surface area contributed by atoms with Gasteiger partial charge in [0.05, 0.1) is 33.1 Å². The fraction of sp³-hybridized carbons (Fsp3) is 0.143. The van der Waals surface area contributed by atoms with Crippen molar-refractivity contribution >= 4 is 42.1 Å². The molecule has 6 nitrogen and oxygen atoms in total. The molecule has 0 amide bonds. The summed E-state index contributed by atoms with van der Waals surface area (Å²) in [5.74, 6) is 0. The lowest BCUT2D eigenvalue weighted by molar-refractivity contribution is 0.602. The van der Waals surface area contributed by atoms with Crippen molar-refractivity contribution in [3.05, 3.63) is 41.0 Å². The summed E-state index contributed by atoms with van der Waals surface area (Å²) in [5.41, 5.74) is 2.28. The van der Waals surface area contributed by atoms with Crippen molar-refractivity contribution in [1.82, 2.24) is 14.6 Å². The molecule has 3 rings (SSSR count). The van der Waals surface area contributed by atoms with Crippen molar-refractivity contribution in [2.24, 2.45) is 0 Å². The maximum Gasteiger partial charge on any atom is 0.237 e. The Kier molecular flexibility index (Phi) is 4.11. The first-order chi connectivity index (χ1) is 10.8. The molecule has 2 aromatic heterocycles. The topological polar surface area (TPSA) is 81.4 Å². The van der Waals surface area contributed by atoms with Gasteiger partial charge in [-0.2, -0.15) is 0 Å². The van der Waals surface area contributed by atoms with Crippen molar-refractivity contribution in [2.45, 2.75) is 10.1 Å². The molecular weight excluding hydrogens is 402 g/mol. The van der Waals surface area contributed by atoms with Gasteiger partial charge in [-0.25, -0.2) is 17.9 Å². The van der Waals surface area contributed by atoms with E-state index in [4.69, 9.17) is 0 Å². The first kappa shape index (κ1) is 16.3. The zero-order chi connectivity index (χ0) is 16.8. The van der Waals surface area contributed by atoms with Crippen LogP contribution in [0.3, 0.4) is 0 Å². The molecule has 23 heavy (non-hydrogen) atoms. The Balaban J connectivity index is 2.19. The second kappa shape index (κ2) is 5.81. The lowest BCUT2D eigenvalue weighted by Gasteiger charge is -2.04. The van der Waals surface area contributed by atoms with E-state index in [2.05, 4.69) is 26.0 Å². The van der Waals surface area contributed by atoms with E-state index in [0.717, 1.165) is 21.2 Å². The molecule has 0 saturated heterocycles. The molecule has 1 aromatic carbocycles. The highest BCUT2D eigenvalue weighted by Gasteiger charge is 2.14. The predicted octanol–water partition coefficient (Wildman–Crippen LogP) is 2.30. The molecule has 0 spiro atoms. The minimum atomic E-state index is -3.24. The van der Waals surface area contributed by atoms with Gasteiger partial charge in [0.15, 0.2) is 9.84 Å². The molecule has 0 bridgehead atoms. The number of nitrogens with zero attached hydrogens (tertiary/aromatic N) is 3. The van der Waals surface area contributed by atoms with E-state index in [1.165, 1.54) is 12.5 Å². The average Bonchev–Trinajstić information content (AvgIpc) is 2.83. The number of sulfone groups is 1. The highest BCUT2D eigenvalue weighted by Crippen LogP contribution is 2.29. The van der Waals surface area contributed by atoms with Crippen molar-refractivity contribution in [3.8, 4) is 11.3 Å². The van der Waals surface area contributed by atoms with Crippen LogP contribution in [0.4, 0.5) is 0 Å². The van der Waals surface area contributed by atoms with Gasteiger partial charge in [-0.15, -0.1) is 5.10 Å². The summed E-state index contributed by atoms with van der Waals surface area (Å²) >= 11 is 3.45. The van der Waals surface area contributed by atoms with Crippen molar-refractivity contribution in [1.29, 1.82) is 0 Å². The molecule has 0 fully saturated rings. The van der Waals surface area contributed by atoms with Gasteiger partial charge in [0.25, 0.3) is 0 Å². The van der Waals surface area contributed by atoms with Crippen LogP contribution in [0.15, 0.2) is 51.1 Å². The normalized spacial score (nSPS) is 13.3. The Bertz CT molecular complexity index is 1030. The maximum absolute atomic E-state index is 11.6. The maximum atomic E-state index is 11.6. The van der Waals surface area contributed by atoms with Gasteiger partial charge in [-0.3, -0.25) is 4.21 Å². The molecule has 2 heterocycles. The van der Waals surface area contributed by atoms with E-state index in [1.54, 1.807) is 35.0 Å². The van der Waals surface area contributed by atoms with Crippen LogP contribution in [0, 0.1) is 0 Å². The van der Waals surface area contributed by atoms with Crippen LogP contribution in [-0.2, 0) is 20.6 Å². The Labute approximate surface area is 144 Å². The monoisotopic (exact) mass is 413 g/mol. The third-order valence-corrected chi connectivity index (χ3v) is 5.75. The molecule has 0 radical (unpaired) electrons. The minimum absolute atomic E-state index is 0.231. The molecule has 0 N–H and O–H groups in total. The molecule has 120 valence electrons. The second-order valence-electron chi connectivity index (χ2n) is 4.97. The summed E-state index contributed by atoms with van der Waals surface area (Å²) < 4.78 is 37.1. The van der Waals surface area contributed by atoms with Crippen LogP contribution in [-0.4, -0.2) is 39.7 Å². The van der Waals surface area contributed by atoms with Crippen LogP contribution >= 0.6 is 15.9 Å². The number of benzene rings is 1. The lowest BCUT2D eigenvalue weighted by atomic mass is 10.2. The molecule has 0 saturated carbocycles. The van der Waals surface area contributed by atoms with Crippen molar-refractivity contribution in [2.75, 3.05) is 12.5 Å². The first-order valence-electron chi connectivity index (χ1n) is 6.45. The van der Waals surface area contributed by atoms with Gasteiger partial charge in [0, 0.05) is 22.5 Å². The predicted molar refractivity (Wildman–Crippen MR) is 91.6 cm³/mol. The van der Waals surface area contributed by atoms with E-state index in [1.807, 2.05) is 6.07 Å². The summed E-state index contributed by atoms with van der Waals surface area (Å²) in [5, 5.41) is 4.53. The second-order valence-corrected chi connectivity index (χ2v) is 9.11. The summed E-state index contributed by atoms with van der Waals surface area (Å²) in [6.45, 7) is 0. The molecule has 1 unspecified atom stereocenters. The van der Waals surface area contributed by atoms with Gasteiger partial charge < -0.3 is 0 Å². The third kappa shape index (κ3) is 3.08. The fourth-order valence-corrected chi connectivity index (χ4v) is 3.66. The molecule has 9 heteroatoms. The average molecular weight is 414 g/mol. The number of hydrogen-bond donors (Lipinski definition) is 0. The van der Waals surface area contributed by atoms with Crippen LogP contribution in [0.2, 0.25) is 0 Å². The number of hydrogen-bond acceptors (Lipinski definition) is 5. The quantitative estimate of drug-likeness (QED) is 0.657. The number of rotatable bonds is 3. The molecular formula is C14H12BrN3O3S2. The third-order valence-electron chi connectivity index (χ3n) is 3.28. The summed E-state index contributed by atoms with van der Waals surface area (Å²) in [4.78, 5) is 4.33. The summed E-state index contributed by atoms with van der Waals surface area (Å²) in [7, 11) is -4.53. The first-order valence-corrected chi connectivity index (χ1v) is 10.7. The number of halogens is 1. The van der Waals surface area contributed by atoms with Crippen LogP contribution in [0.25, 0.3) is 16.8 Å². The Hall–Kier alpha value is -1.58. The molecule has 0 aliphatic heterocycles. The van der Waals surface area contributed by atoms with Crippen molar-refractivity contribution in [3.63, 3.8) is 0 Å². The lowest BCUT2D eigenvalue weighted by Crippen LogP contribution is -2.03. The van der Waals surface area contributed by atoms with E-state index in [0.29, 0.717) is 0 Å².